The Kier molecular flexibility index (Phi) is 2.91. The van der Waals surface area contributed by atoms with E-state index in [4.69, 9.17) is 6.85 Å². The predicted octanol–water partition coefficient (Wildman–Crippen LogP) is 4.13. The van der Waals surface area contributed by atoms with Gasteiger partial charge in [0.05, 0.1) is 17.9 Å². The highest BCUT2D eigenvalue weighted by atomic mass is 16.4. The highest BCUT2D eigenvalue weighted by Crippen LogP contribution is 2.32. The number of para-hydroxylation sites is 1. The second-order valence-electron chi connectivity index (χ2n) is 6.55. The highest BCUT2D eigenvalue weighted by molar-refractivity contribution is 6.59. The van der Waals surface area contributed by atoms with Gasteiger partial charge < -0.3 is 14.6 Å². The molecule has 0 atom stereocenters. The van der Waals surface area contributed by atoms with Crippen molar-refractivity contribution in [2.24, 2.45) is 0 Å². The Hall–Kier alpha value is -3.34. The number of fused-ring (bicyclic) bond motifs is 3. The lowest BCUT2D eigenvalue weighted by Gasteiger charge is -2.10. The number of nitrogens with zero attached hydrogens (tertiary/aromatic N) is 1. The van der Waals surface area contributed by atoms with Crippen LogP contribution >= 0.6 is 0 Å². The van der Waals surface area contributed by atoms with Crippen molar-refractivity contribution in [3.8, 4) is 16.8 Å². The molecule has 0 fully saturated rings. The van der Waals surface area contributed by atoms with Crippen molar-refractivity contribution in [1.29, 1.82) is 0 Å². The molecule has 2 N–H and O–H groups in total. The molecule has 1 heterocycles. The molecule has 28 heavy (non-hydrogen) atoms. The minimum Gasteiger partial charge on any atom is -0.423 e. The number of aromatic nitrogens is 1. The van der Waals surface area contributed by atoms with Crippen molar-refractivity contribution < 1.29 is 16.9 Å². The molecule has 4 heteroatoms. The molecular weight excluding hydrogens is 345 g/mol. The standard InChI is InChI=1S/C24H18BNO2/c27-25(28)19-13-14-24-22(16-19)21-11-4-5-12-23(21)26(24)20-10-6-9-18(15-20)17-7-2-1-3-8-17/h1-16,27-28H/i1D,2D,3D,7D,8D. The quantitative estimate of drug-likeness (QED) is 0.471. The molecule has 0 saturated heterocycles. The maximum atomic E-state index is 9.63. The summed E-state index contributed by atoms with van der Waals surface area (Å²) in [5.41, 5.74) is 3.54. The molecule has 1 aromatic heterocycles. The van der Waals surface area contributed by atoms with E-state index < -0.39 is 13.2 Å². The van der Waals surface area contributed by atoms with Gasteiger partial charge in [-0.2, -0.15) is 0 Å². The zero-order valence-corrected chi connectivity index (χ0v) is 14.8. The van der Waals surface area contributed by atoms with Crippen molar-refractivity contribution in [3.05, 3.63) is 96.9 Å². The van der Waals surface area contributed by atoms with Gasteiger partial charge in [0.15, 0.2) is 0 Å². The molecule has 0 aliphatic heterocycles. The van der Waals surface area contributed by atoms with E-state index >= 15 is 0 Å². The SMILES string of the molecule is [2H]c1c([2H])c([2H])c(-c2cccc(-n3c4ccccc4c4cc(B(O)O)ccc43)c2)c([2H])c1[2H]. The van der Waals surface area contributed by atoms with E-state index in [1.165, 1.54) is 0 Å². The van der Waals surface area contributed by atoms with Gasteiger partial charge in [0.1, 0.15) is 0 Å². The average Bonchev–Trinajstić information content (AvgIpc) is 3.15. The summed E-state index contributed by atoms with van der Waals surface area (Å²) in [5, 5.41) is 21.0. The van der Waals surface area contributed by atoms with Crippen LogP contribution in [0, 0.1) is 0 Å². The van der Waals surface area contributed by atoms with Crippen molar-refractivity contribution in [2.75, 3.05) is 0 Å². The smallest absolute Gasteiger partial charge is 0.423 e. The van der Waals surface area contributed by atoms with E-state index in [0.29, 0.717) is 11.0 Å². The summed E-state index contributed by atoms with van der Waals surface area (Å²) in [6.07, 6.45) is 0. The number of hydrogen-bond donors (Lipinski definition) is 2. The molecule has 5 aromatic rings. The van der Waals surface area contributed by atoms with Crippen LogP contribution in [-0.4, -0.2) is 21.7 Å². The van der Waals surface area contributed by atoms with Crippen LogP contribution in [-0.2, 0) is 0 Å². The summed E-state index contributed by atoms with van der Waals surface area (Å²) in [4.78, 5) is 0. The Bertz CT molecular complexity index is 1540. The zero-order valence-electron chi connectivity index (χ0n) is 19.8. The fourth-order valence-electron chi connectivity index (χ4n) is 3.62. The van der Waals surface area contributed by atoms with Gasteiger partial charge in [0.2, 0.25) is 0 Å². The summed E-state index contributed by atoms with van der Waals surface area (Å²) in [6, 6.07) is 18.5. The maximum Gasteiger partial charge on any atom is 0.488 e. The fraction of sp³-hybridized carbons (Fsp3) is 0. The number of benzene rings is 4. The van der Waals surface area contributed by atoms with Crippen LogP contribution < -0.4 is 5.46 Å². The number of rotatable bonds is 3. The molecule has 0 aliphatic carbocycles. The van der Waals surface area contributed by atoms with Crippen LogP contribution in [0.1, 0.15) is 6.85 Å². The van der Waals surface area contributed by atoms with Crippen LogP contribution in [0.4, 0.5) is 0 Å². The topological polar surface area (TPSA) is 45.4 Å². The molecule has 0 aliphatic rings. The largest absolute Gasteiger partial charge is 0.488 e. The van der Waals surface area contributed by atoms with Gasteiger partial charge in [-0.1, -0.05) is 72.7 Å². The summed E-state index contributed by atoms with van der Waals surface area (Å²) in [5.74, 6) is 0. The van der Waals surface area contributed by atoms with Crippen molar-refractivity contribution >= 4 is 34.4 Å². The molecule has 5 rings (SSSR count). The van der Waals surface area contributed by atoms with Crippen LogP contribution in [0.25, 0.3) is 38.6 Å². The summed E-state index contributed by atoms with van der Waals surface area (Å²) < 4.78 is 42.5. The van der Waals surface area contributed by atoms with Gasteiger partial charge >= 0.3 is 7.12 Å². The number of hydrogen-bond acceptors (Lipinski definition) is 2. The van der Waals surface area contributed by atoms with Crippen LogP contribution in [0.3, 0.4) is 0 Å². The van der Waals surface area contributed by atoms with E-state index in [9.17, 15) is 10.0 Å². The maximum absolute atomic E-state index is 9.63. The van der Waals surface area contributed by atoms with E-state index in [2.05, 4.69) is 0 Å². The van der Waals surface area contributed by atoms with Crippen LogP contribution in [0.5, 0.6) is 0 Å². The lowest BCUT2D eigenvalue weighted by Crippen LogP contribution is -2.29. The predicted molar refractivity (Wildman–Crippen MR) is 116 cm³/mol. The zero-order chi connectivity index (χ0) is 23.4. The Morgan fingerprint density at radius 1 is 0.714 bits per heavy atom. The molecule has 4 aromatic carbocycles. The Morgan fingerprint density at radius 2 is 1.50 bits per heavy atom. The first-order valence-corrected chi connectivity index (χ1v) is 8.86. The van der Waals surface area contributed by atoms with E-state index in [1.54, 1.807) is 30.3 Å². The van der Waals surface area contributed by atoms with E-state index in [1.807, 2.05) is 41.0 Å². The summed E-state index contributed by atoms with van der Waals surface area (Å²) in [7, 11) is -1.58. The Labute approximate surface area is 170 Å². The van der Waals surface area contributed by atoms with Crippen molar-refractivity contribution in [3.63, 3.8) is 0 Å². The molecule has 0 saturated carbocycles. The van der Waals surface area contributed by atoms with Gasteiger partial charge in [-0.15, -0.1) is 0 Å². The van der Waals surface area contributed by atoms with Crippen LogP contribution in [0.2, 0.25) is 0 Å². The van der Waals surface area contributed by atoms with E-state index in [-0.39, 0.29) is 29.7 Å². The average molecular weight is 368 g/mol. The minimum absolute atomic E-state index is 0.148. The lowest BCUT2D eigenvalue weighted by atomic mass is 9.80. The first-order valence-electron chi connectivity index (χ1n) is 11.4. The van der Waals surface area contributed by atoms with Crippen molar-refractivity contribution in [1.82, 2.24) is 4.57 Å². The molecule has 3 nitrogen and oxygen atoms in total. The molecule has 0 radical (unpaired) electrons. The van der Waals surface area contributed by atoms with E-state index in [0.717, 1.165) is 27.5 Å². The summed E-state index contributed by atoms with van der Waals surface area (Å²) >= 11 is 0. The third kappa shape index (κ3) is 2.71. The Morgan fingerprint density at radius 3 is 2.32 bits per heavy atom. The van der Waals surface area contributed by atoms with Crippen molar-refractivity contribution in [2.45, 2.75) is 0 Å². The first kappa shape index (κ1) is 12.2. The van der Waals surface area contributed by atoms with Gasteiger partial charge in [0, 0.05) is 16.5 Å². The monoisotopic (exact) mass is 368 g/mol. The lowest BCUT2D eigenvalue weighted by molar-refractivity contribution is 0.426. The van der Waals surface area contributed by atoms with Gasteiger partial charge in [-0.3, -0.25) is 0 Å². The summed E-state index contributed by atoms with van der Waals surface area (Å²) in [6.45, 7) is 0. The van der Waals surface area contributed by atoms with Crippen LogP contribution in [0.15, 0.2) is 96.9 Å². The highest BCUT2D eigenvalue weighted by Gasteiger charge is 2.16. The second kappa shape index (κ2) is 6.68. The molecule has 0 bridgehead atoms. The fourth-order valence-corrected chi connectivity index (χ4v) is 3.62. The molecule has 0 amide bonds. The van der Waals surface area contributed by atoms with Gasteiger partial charge in [-0.25, -0.2) is 0 Å². The van der Waals surface area contributed by atoms with Gasteiger partial charge in [0.25, 0.3) is 0 Å². The normalized spacial score (nSPS) is 13.7. The molecule has 0 spiro atoms. The second-order valence-corrected chi connectivity index (χ2v) is 6.55. The third-order valence-electron chi connectivity index (χ3n) is 4.89. The molecule has 0 unspecified atom stereocenters. The minimum atomic E-state index is -1.58. The third-order valence-corrected chi connectivity index (χ3v) is 4.89. The molecular formula is C24H18BNO2. The molecule has 134 valence electrons. The Balaban J connectivity index is 1.80. The first-order chi connectivity index (χ1) is 15.8. The van der Waals surface area contributed by atoms with Gasteiger partial charge in [-0.05, 0) is 40.9 Å².